The van der Waals surface area contributed by atoms with Gasteiger partial charge >= 0.3 is 0 Å². The first kappa shape index (κ1) is 12.8. The molecule has 0 aliphatic rings. The third kappa shape index (κ3) is 2.96. The van der Waals surface area contributed by atoms with E-state index >= 15 is 0 Å². The van der Waals surface area contributed by atoms with E-state index in [4.69, 9.17) is 0 Å². The van der Waals surface area contributed by atoms with Crippen molar-refractivity contribution >= 4 is 22.4 Å². The topological polar surface area (TPSA) is 42.0 Å². The molecular weight excluding hydrogens is 244 g/mol. The number of hydrogen-bond acceptors (Lipinski definition) is 3. The van der Waals surface area contributed by atoms with E-state index in [1.54, 1.807) is 0 Å². The van der Waals surface area contributed by atoms with Gasteiger partial charge in [-0.05, 0) is 30.5 Å². The summed E-state index contributed by atoms with van der Waals surface area (Å²) in [5, 5.41) is 5.38. The van der Waals surface area contributed by atoms with E-state index in [-0.39, 0.29) is 5.91 Å². The Morgan fingerprint density at radius 2 is 2.17 bits per heavy atom. The normalized spacial score (nSPS) is 10.7. The van der Waals surface area contributed by atoms with Crippen molar-refractivity contribution in [3.05, 3.63) is 46.5 Å². The van der Waals surface area contributed by atoms with Crippen LogP contribution in [0.5, 0.6) is 0 Å². The molecule has 0 radical (unpaired) electrons. The molecule has 18 heavy (non-hydrogen) atoms. The summed E-state index contributed by atoms with van der Waals surface area (Å²) >= 11 is 1.44. The van der Waals surface area contributed by atoms with E-state index in [9.17, 15) is 4.79 Å². The Morgan fingerprint density at radius 3 is 2.78 bits per heavy atom. The maximum atomic E-state index is 12.1. The molecule has 1 amide bonds. The van der Waals surface area contributed by atoms with Gasteiger partial charge in [0.25, 0.3) is 5.91 Å². The third-order valence-corrected chi connectivity index (χ3v) is 3.53. The molecule has 1 aromatic carbocycles. The zero-order valence-electron chi connectivity index (χ0n) is 10.7. The number of amides is 1. The molecule has 2 rings (SSSR count). The highest BCUT2D eigenvalue weighted by Gasteiger charge is 2.09. The second kappa shape index (κ2) is 5.31. The van der Waals surface area contributed by atoms with Gasteiger partial charge < -0.3 is 0 Å². The molecule has 0 saturated heterocycles. The molecule has 4 heteroatoms. The van der Waals surface area contributed by atoms with Crippen molar-refractivity contribution in [3.8, 4) is 0 Å². The van der Waals surface area contributed by atoms with E-state index in [0.717, 1.165) is 11.3 Å². The minimum atomic E-state index is -0.105. The summed E-state index contributed by atoms with van der Waals surface area (Å²) in [6, 6.07) is 7.70. The number of thiazole rings is 1. The lowest BCUT2D eigenvalue weighted by Gasteiger charge is -2.07. The van der Waals surface area contributed by atoms with Crippen molar-refractivity contribution in [1.82, 2.24) is 4.98 Å². The Balaban J connectivity index is 2.16. The molecule has 0 aliphatic carbocycles. The van der Waals surface area contributed by atoms with Gasteiger partial charge in [-0.1, -0.05) is 26.0 Å². The molecule has 3 nitrogen and oxygen atoms in total. The minimum absolute atomic E-state index is 0.105. The summed E-state index contributed by atoms with van der Waals surface area (Å²) in [6.07, 6.45) is 0. The Hall–Kier alpha value is -1.68. The highest BCUT2D eigenvalue weighted by atomic mass is 32.1. The van der Waals surface area contributed by atoms with Crippen molar-refractivity contribution in [1.29, 1.82) is 0 Å². The minimum Gasteiger partial charge on any atom is -0.298 e. The number of carbonyl (C=O) groups excluding carboxylic acids is 1. The summed E-state index contributed by atoms with van der Waals surface area (Å²) in [6.45, 7) is 6.13. The van der Waals surface area contributed by atoms with Crippen molar-refractivity contribution in [3.63, 3.8) is 0 Å². The number of nitrogens with one attached hydrogen (secondary N) is 1. The number of hydrogen-bond donors (Lipinski definition) is 1. The van der Waals surface area contributed by atoms with Gasteiger partial charge in [0.05, 0.1) is 5.69 Å². The van der Waals surface area contributed by atoms with Crippen LogP contribution in [0.2, 0.25) is 0 Å². The lowest BCUT2D eigenvalue weighted by atomic mass is 10.0. The molecule has 1 N–H and O–H groups in total. The Morgan fingerprint density at radius 1 is 1.39 bits per heavy atom. The molecular formula is C14H16N2OS. The first-order valence-corrected chi connectivity index (χ1v) is 6.77. The van der Waals surface area contributed by atoms with Gasteiger partial charge in [-0.25, -0.2) is 4.98 Å². The van der Waals surface area contributed by atoms with Crippen LogP contribution in [0.4, 0.5) is 5.13 Å². The van der Waals surface area contributed by atoms with Crippen molar-refractivity contribution in [2.45, 2.75) is 26.7 Å². The van der Waals surface area contributed by atoms with E-state index < -0.39 is 0 Å². The van der Waals surface area contributed by atoms with Crippen LogP contribution < -0.4 is 5.32 Å². The molecule has 1 aromatic heterocycles. The molecule has 0 unspecified atom stereocenters. The molecule has 0 spiro atoms. The lowest BCUT2D eigenvalue weighted by molar-refractivity contribution is 0.102. The molecule has 2 aromatic rings. The molecule has 1 heterocycles. The van der Waals surface area contributed by atoms with E-state index in [1.165, 1.54) is 11.3 Å². The van der Waals surface area contributed by atoms with Gasteiger partial charge in [0.1, 0.15) is 0 Å². The number of anilines is 1. The average Bonchev–Trinajstić information content (AvgIpc) is 2.75. The standard InChI is InChI=1S/C14H16N2OS/c1-9(2)11-5-4-6-12(7-11)13(17)16-14-15-10(3)8-18-14/h4-9H,1-3H3,(H,15,16,17). The van der Waals surface area contributed by atoms with Crippen LogP contribution in [-0.2, 0) is 0 Å². The largest absolute Gasteiger partial charge is 0.298 e. The van der Waals surface area contributed by atoms with Crippen LogP contribution in [0.1, 0.15) is 41.4 Å². The predicted octanol–water partition coefficient (Wildman–Crippen LogP) is 3.83. The summed E-state index contributed by atoms with van der Waals surface area (Å²) in [5.41, 5.74) is 2.76. The molecule has 0 aliphatic heterocycles. The molecule has 0 fully saturated rings. The lowest BCUT2D eigenvalue weighted by Crippen LogP contribution is -2.12. The number of nitrogens with zero attached hydrogens (tertiary/aromatic N) is 1. The van der Waals surface area contributed by atoms with Gasteiger partial charge in [-0.3, -0.25) is 10.1 Å². The van der Waals surface area contributed by atoms with Gasteiger partial charge in [-0.2, -0.15) is 0 Å². The zero-order chi connectivity index (χ0) is 13.1. The summed E-state index contributed by atoms with van der Waals surface area (Å²) < 4.78 is 0. The number of aryl methyl sites for hydroxylation is 1. The SMILES string of the molecule is Cc1csc(NC(=O)c2cccc(C(C)C)c2)n1. The summed E-state index contributed by atoms with van der Waals surface area (Å²) in [4.78, 5) is 16.3. The first-order chi connectivity index (χ1) is 8.56. The quantitative estimate of drug-likeness (QED) is 0.911. The van der Waals surface area contributed by atoms with Crippen molar-refractivity contribution in [2.75, 3.05) is 5.32 Å². The zero-order valence-corrected chi connectivity index (χ0v) is 11.5. The summed E-state index contributed by atoms with van der Waals surface area (Å²) in [5.74, 6) is 0.312. The van der Waals surface area contributed by atoms with E-state index in [0.29, 0.717) is 16.6 Å². The third-order valence-electron chi connectivity index (χ3n) is 2.65. The smallest absolute Gasteiger partial charge is 0.257 e. The fourth-order valence-corrected chi connectivity index (χ4v) is 2.30. The second-order valence-corrected chi connectivity index (χ2v) is 5.39. The van der Waals surface area contributed by atoms with Crippen LogP contribution in [0.3, 0.4) is 0 Å². The molecule has 0 bridgehead atoms. The van der Waals surface area contributed by atoms with Crippen molar-refractivity contribution < 1.29 is 4.79 Å². The highest BCUT2D eigenvalue weighted by molar-refractivity contribution is 7.13. The van der Waals surface area contributed by atoms with Gasteiger partial charge in [0, 0.05) is 10.9 Å². The number of aromatic nitrogens is 1. The number of benzene rings is 1. The fourth-order valence-electron chi connectivity index (χ4n) is 1.62. The fraction of sp³-hybridized carbons (Fsp3) is 0.286. The van der Waals surface area contributed by atoms with Gasteiger partial charge in [-0.15, -0.1) is 11.3 Å². The second-order valence-electron chi connectivity index (χ2n) is 4.53. The number of carbonyl (C=O) groups is 1. The average molecular weight is 260 g/mol. The van der Waals surface area contributed by atoms with Gasteiger partial charge in [0.2, 0.25) is 0 Å². The van der Waals surface area contributed by atoms with E-state index in [2.05, 4.69) is 24.1 Å². The molecule has 0 saturated carbocycles. The highest BCUT2D eigenvalue weighted by Crippen LogP contribution is 2.18. The van der Waals surface area contributed by atoms with Crippen LogP contribution >= 0.6 is 11.3 Å². The molecule has 94 valence electrons. The monoisotopic (exact) mass is 260 g/mol. The molecule has 0 atom stereocenters. The predicted molar refractivity (Wildman–Crippen MR) is 75.3 cm³/mol. The Bertz CT molecular complexity index is 560. The van der Waals surface area contributed by atoms with Crippen LogP contribution in [-0.4, -0.2) is 10.9 Å². The van der Waals surface area contributed by atoms with Gasteiger partial charge in [0.15, 0.2) is 5.13 Å². The Labute approximate surface area is 111 Å². The number of rotatable bonds is 3. The Kier molecular flexibility index (Phi) is 3.77. The van der Waals surface area contributed by atoms with E-state index in [1.807, 2.05) is 36.6 Å². The first-order valence-electron chi connectivity index (χ1n) is 5.89. The summed E-state index contributed by atoms with van der Waals surface area (Å²) in [7, 11) is 0. The maximum Gasteiger partial charge on any atom is 0.257 e. The van der Waals surface area contributed by atoms with Crippen LogP contribution in [0, 0.1) is 6.92 Å². The van der Waals surface area contributed by atoms with Crippen LogP contribution in [0.25, 0.3) is 0 Å². The maximum absolute atomic E-state index is 12.1. The van der Waals surface area contributed by atoms with Crippen LogP contribution in [0.15, 0.2) is 29.6 Å². The van der Waals surface area contributed by atoms with Crippen molar-refractivity contribution in [2.24, 2.45) is 0 Å².